The van der Waals surface area contributed by atoms with Crippen molar-refractivity contribution in [2.45, 2.75) is 13.5 Å². The largest absolute Gasteiger partial charge is 0.395 e. The predicted molar refractivity (Wildman–Crippen MR) is 61.0 cm³/mol. The molecule has 0 saturated heterocycles. The molecule has 0 saturated carbocycles. The summed E-state index contributed by atoms with van der Waals surface area (Å²) in [5, 5.41) is 8.94. The molecule has 5 nitrogen and oxygen atoms in total. The number of aliphatic hydroxyl groups excluding tert-OH is 1. The van der Waals surface area contributed by atoms with Crippen LogP contribution in [0.3, 0.4) is 0 Å². The van der Waals surface area contributed by atoms with Crippen molar-refractivity contribution in [3.8, 4) is 0 Å². The lowest BCUT2D eigenvalue weighted by atomic mass is 10.4. The van der Waals surface area contributed by atoms with Crippen LogP contribution in [0, 0.1) is 0 Å². The Labute approximate surface area is 94.4 Å². The Bertz CT molecular complexity index is 454. The lowest BCUT2D eigenvalue weighted by molar-refractivity contribution is 0.195. The van der Waals surface area contributed by atoms with Gasteiger partial charge in [-0.1, -0.05) is 6.92 Å². The van der Waals surface area contributed by atoms with Gasteiger partial charge in [0, 0.05) is 25.5 Å². The molecular formula is C11H16N4O. The molecule has 2 aromatic rings. The second kappa shape index (κ2) is 5.05. The number of imidazole rings is 1. The van der Waals surface area contributed by atoms with Gasteiger partial charge in [-0.2, -0.15) is 0 Å². The van der Waals surface area contributed by atoms with Crippen molar-refractivity contribution in [3.63, 3.8) is 0 Å². The quantitative estimate of drug-likeness (QED) is 0.799. The molecule has 0 aromatic carbocycles. The normalized spacial score (nSPS) is 11.4. The molecule has 5 heteroatoms. The van der Waals surface area contributed by atoms with E-state index in [4.69, 9.17) is 5.11 Å². The molecule has 2 aromatic heterocycles. The van der Waals surface area contributed by atoms with Crippen molar-refractivity contribution in [1.29, 1.82) is 0 Å². The van der Waals surface area contributed by atoms with Crippen molar-refractivity contribution < 1.29 is 5.11 Å². The number of rotatable bonds is 5. The summed E-state index contributed by atoms with van der Waals surface area (Å²) in [6.45, 7) is 4.67. The summed E-state index contributed by atoms with van der Waals surface area (Å²) in [5.41, 5.74) is 1.98. The molecule has 0 amide bonds. The van der Waals surface area contributed by atoms with Crippen LogP contribution in [-0.2, 0) is 6.54 Å². The first-order valence-electron chi connectivity index (χ1n) is 5.44. The maximum absolute atomic E-state index is 8.94. The van der Waals surface area contributed by atoms with Gasteiger partial charge in [-0.15, -0.1) is 0 Å². The summed E-state index contributed by atoms with van der Waals surface area (Å²) in [5.74, 6) is 0. The highest BCUT2D eigenvalue weighted by molar-refractivity contribution is 5.36. The van der Waals surface area contributed by atoms with Gasteiger partial charge in [-0.3, -0.25) is 14.3 Å². The van der Waals surface area contributed by atoms with Crippen LogP contribution in [0.2, 0.25) is 0 Å². The molecule has 0 aliphatic heterocycles. The number of likely N-dealkylation sites (N-methyl/N-ethyl adjacent to an activating group) is 1. The average molecular weight is 220 g/mol. The van der Waals surface area contributed by atoms with E-state index in [0.29, 0.717) is 6.54 Å². The number of hydrogen-bond donors (Lipinski definition) is 1. The summed E-state index contributed by atoms with van der Waals surface area (Å²) in [6.07, 6.45) is 7.26. The topological polar surface area (TPSA) is 53.7 Å². The molecule has 86 valence electrons. The zero-order valence-electron chi connectivity index (χ0n) is 9.37. The third-order valence-corrected chi connectivity index (χ3v) is 2.64. The van der Waals surface area contributed by atoms with Gasteiger partial charge in [0.1, 0.15) is 0 Å². The van der Waals surface area contributed by atoms with Crippen LogP contribution in [-0.4, -0.2) is 44.1 Å². The fourth-order valence-corrected chi connectivity index (χ4v) is 1.73. The minimum atomic E-state index is 0.187. The molecule has 0 spiro atoms. The van der Waals surface area contributed by atoms with E-state index in [9.17, 15) is 0 Å². The molecule has 0 aliphatic rings. The molecule has 0 unspecified atom stereocenters. The van der Waals surface area contributed by atoms with E-state index in [1.54, 1.807) is 12.4 Å². The SMILES string of the molecule is CCN(CCO)Cc1cnc2cnccn12. The molecule has 0 aliphatic carbocycles. The average Bonchev–Trinajstić information content (AvgIpc) is 2.72. The number of hydrogen-bond acceptors (Lipinski definition) is 4. The van der Waals surface area contributed by atoms with E-state index in [-0.39, 0.29) is 6.61 Å². The van der Waals surface area contributed by atoms with Crippen LogP contribution in [0.15, 0.2) is 24.8 Å². The number of nitrogens with zero attached hydrogens (tertiary/aromatic N) is 4. The number of aliphatic hydroxyl groups is 1. The molecule has 0 radical (unpaired) electrons. The summed E-state index contributed by atoms with van der Waals surface area (Å²) in [7, 11) is 0. The van der Waals surface area contributed by atoms with Crippen molar-refractivity contribution in [1.82, 2.24) is 19.3 Å². The van der Waals surface area contributed by atoms with Gasteiger partial charge >= 0.3 is 0 Å². The Hall–Kier alpha value is -1.46. The van der Waals surface area contributed by atoms with Crippen LogP contribution in [0.5, 0.6) is 0 Å². The van der Waals surface area contributed by atoms with Crippen molar-refractivity contribution in [2.24, 2.45) is 0 Å². The first kappa shape index (κ1) is 11.0. The standard InChI is InChI=1S/C11H16N4O/c1-2-14(5-6-16)9-10-7-13-11-8-12-3-4-15(10)11/h3-4,7-8,16H,2,5-6,9H2,1H3. The second-order valence-electron chi connectivity index (χ2n) is 3.65. The summed E-state index contributed by atoms with van der Waals surface area (Å²) in [4.78, 5) is 10.5. The van der Waals surface area contributed by atoms with Crippen LogP contribution in [0.25, 0.3) is 5.65 Å². The van der Waals surface area contributed by atoms with E-state index in [1.807, 2.05) is 16.8 Å². The van der Waals surface area contributed by atoms with E-state index in [2.05, 4.69) is 21.8 Å². The Morgan fingerprint density at radius 2 is 2.31 bits per heavy atom. The smallest absolute Gasteiger partial charge is 0.155 e. The van der Waals surface area contributed by atoms with E-state index >= 15 is 0 Å². The van der Waals surface area contributed by atoms with Gasteiger partial charge in [-0.25, -0.2) is 4.98 Å². The maximum Gasteiger partial charge on any atom is 0.155 e. The van der Waals surface area contributed by atoms with Crippen molar-refractivity contribution in [2.75, 3.05) is 19.7 Å². The highest BCUT2D eigenvalue weighted by Crippen LogP contribution is 2.07. The Kier molecular flexibility index (Phi) is 3.48. The number of aromatic nitrogens is 3. The molecule has 0 atom stereocenters. The van der Waals surface area contributed by atoms with Gasteiger partial charge in [0.25, 0.3) is 0 Å². The first-order chi connectivity index (χ1) is 7.85. The Balaban J connectivity index is 2.20. The van der Waals surface area contributed by atoms with Gasteiger partial charge in [-0.05, 0) is 6.54 Å². The fourth-order valence-electron chi connectivity index (χ4n) is 1.73. The molecule has 2 heterocycles. The minimum Gasteiger partial charge on any atom is -0.395 e. The molecule has 2 rings (SSSR count). The first-order valence-corrected chi connectivity index (χ1v) is 5.44. The van der Waals surface area contributed by atoms with Crippen molar-refractivity contribution in [3.05, 3.63) is 30.5 Å². The van der Waals surface area contributed by atoms with Crippen LogP contribution < -0.4 is 0 Å². The fraction of sp³-hybridized carbons (Fsp3) is 0.455. The number of fused-ring (bicyclic) bond motifs is 1. The highest BCUT2D eigenvalue weighted by atomic mass is 16.3. The lowest BCUT2D eigenvalue weighted by Gasteiger charge is -2.18. The third kappa shape index (κ3) is 2.20. The van der Waals surface area contributed by atoms with Gasteiger partial charge in [0.15, 0.2) is 5.65 Å². The predicted octanol–water partition coefficient (Wildman–Crippen LogP) is 0.543. The summed E-state index contributed by atoms with van der Waals surface area (Å²) in [6, 6.07) is 0. The van der Waals surface area contributed by atoms with Crippen LogP contribution in [0.1, 0.15) is 12.6 Å². The van der Waals surface area contributed by atoms with Crippen LogP contribution >= 0.6 is 0 Å². The zero-order chi connectivity index (χ0) is 11.4. The summed E-state index contributed by atoms with van der Waals surface area (Å²) >= 11 is 0. The molecule has 0 fully saturated rings. The molecular weight excluding hydrogens is 204 g/mol. The van der Waals surface area contributed by atoms with E-state index in [1.165, 1.54) is 0 Å². The lowest BCUT2D eigenvalue weighted by Crippen LogP contribution is -2.26. The zero-order valence-corrected chi connectivity index (χ0v) is 9.37. The van der Waals surface area contributed by atoms with Gasteiger partial charge in [0.05, 0.1) is 24.7 Å². The van der Waals surface area contributed by atoms with Gasteiger partial charge in [0.2, 0.25) is 0 Å². The summed E-state index contributed by atoms with van der Waals surface area (Å²) < 4.78 is 2.02. The Morgan fingerprint density at radius 1 is 1.44 bits per heavy atom. The Morgan fingerprint density at radius 3 is 3.06 bits per heavy atom. The van der Waals surface area contributed by atoms with Crippen LogP contribution in [0.4, 0.5) is 0 Å². The monoisotopic (exact) mass is 220 g/mol. The minimum absolute atomic E-state index is 0.187. The highest BCUT2D eigenvalue weighted by Gasteiger charge is 2.07. The molecule has 16 heavy (non-hydrogen) atoms. The van der Waals surface area contributed by atoms with E-state index < -0.39 is 0 Å². The third-order valence-electron chi connectivity index (χ3n) is 2.64. The van der Waals surface area contributed by atoms with E-state index in [0.717, 1.165) is 24.4 Å². The van der Waals surface area contributed by atoms with Crippen molar-refractivity contribution >= 4 is 5.65 Å². The van der Waals surface area contributed by atoms with Gasteiger partial charge < -0.3 is 5.11 Å². The molecule has 1 N–H and O–H groups in total. The second-order valence-corrected chi connectivity index (χ2v) is 3.65. The molecule has 0 bridgehead atoms. The maximum atomic E-state index is 8.94.